The molecule has 1 heterocycles. The Morgan fingerprint density at radius 3 is 2.42 bits per heavy atom. The van der Waals surface area contributed by atoms with Crippen LogP contribution in [0.1, 0.15) is 36.2 Å². The van der Waals surface area contributed by atoms with E-state index in [4.69, 9.17) is 4.74 Å². The molecule has 36 heavy (non-hydrogen) atoms. The fourth-order valence-electron chi connectivity index (χ4n) is 3.48. The summed E-state index contributed by atoms with van der Waals surface area (Å²) in [5.41, 5.74) is 1.99. The van der Waals surface area contributed by atoms with Crippen LogP contribution in [-0.4, -0.2) is 47.8 Å². The van der Waals surface area contributed by atoms with Gasteiger partial charge in [0.25, 0.3) is 5.91 Å². The Hall–Kier alpha value is -4.27. The summed E-state index contributed by atoms with van der Waals surface area (Å²) in [5, 5.41) is 8.48. The van der Waals surface area contributed by atoms with E-state index in [0.29, 0.717) is 12.0 Å². The Kier molecular flexibility index (Phi) is 9.50. The normalized spacial score (nSPS) is 11.5. The lowest BCUT2D eigenvalue weighted by Gasteiger charge is -2.20. The van der Waals surface area contributed by atoms with Gasteiger partial charge in [-0.05, 0) is 42.2 Å². The van der Waals surface area contributed by atoms with Crippen LogP contribution in [0.2, 0.25) is 0 Å². The second-order valence-electron chi connectivity index (χ2n) is 8.74. The quantitative estimate of drug-likeness (QED) is 0.379. The average Bonchev–Trinajstić information content (AvgIpc) is 2.88. The molecule has 0 spiro atoms. The van der Waals surface area contributed by atoms with Gasteiger partial charge in [-0.25, -0.2) is 4.79 Å². The van der Waals surface area contributed by atoms with E-state index in [0.717, 1.165) is 16.5 Å². The zero-order valence-electron chi connectivity index (χ0n) is 20.3. The molecule has 3 rings (SSSR count). The van der Waals surface area contributed by atoms with Gasteiger partial charge >= 0.3 is 6.09 Å². The highest BCUT2D eigenvalue weighted by Gasteiger charge is 2.23. The van der Waals surface area contributed by atoms with E-state index in [1.807, 2.05) is 50.2 Å². The van der Waals surface area contributed by atoms with E-state index in [1.165, 1.54) is 0 Å². The average molecular weight is 491 g/mol. The monoisotopic (exact) mass is 490 g/mol. The highest BCUT2D eigenvalue weighted by molar-refractivity contribution is 6.00. The van der Waals surface area contributed by atoms with Gasteiger partial charge in [-0.3, -0.25) is 19.4 Å². The van der Waals surface area contributed by atoms with Crippen LogP contribution in [0.5, 0.6) is 0 Å². The van der Waals surface area contributed by atoms with Gasteiger partial charge in [0, 0.05) is 17.1 Å². The van der Waals surface area contributed by atoms with E-state index in [9.17, 15) is 19.2 Å². The van der Waals surface area contributed by atoms with Crippen molar-refractivity contribution >= 4 is 34.6 Å². The maximum Gasteiger partial charge on any atom is 0.408 e. The van der Waals surface area contributed by atoms with Crippen molar-refractivity contribution in [2.45, 2.75) is 32.9 Å². The standard InChI is InChI=1S/C27H30N4O5/c1-18(2)13-24(31-27(35)36-17-19-7-4-3-5-8-19)26(34)30-16-22(32)15-29-25(33)21-10-11-23-20(14-21)9-6-12-28-23/h3-12,14,18,24H,13,15-17H2,1-2H3,(H,29,33)(H,30,34)(H,31,35)/t24-/m0/s1. The van der Waals surface area contributed by atoms with Crippen molar-refractivity contribution in [3.8, 4) is 0 Å². The molecule has 0 saturated heterocycles. The molecule has 0 bridgehead atoms. The van der Waals surface area contributed by atoms with Crippen molar-refractivity contribution in [1.82, 2.24) is 20.9 Å². The largest absolute Gasteiger partial charge is 0.445 e. The predicted octanol–water partition coefficient (Wildman–Crippen LogP) is 2.99. The van der Waals surface area contributed by atoms with Crippen molar-refractivity contribution in [1.29, 1.82) is 0 Å². The molecule has 0 unspecified atom stereocenters. The Balaban J connectivity index is 1.45. The SMILES string of the molecule is CC(C)C[C@H](NC(=O)OCc1ccccc1)C(=O)NCC(=O)CNC(=O)c1ccc2ncccc2c1. The number of carbonyl (C=O) groups is 4. The van der Waals surface area contributed by atoms with E-state index >= 15 is 0 Å². The third-order valence-corrected chi connectivity index (χ3v) is 5.30. The summed E-state index contributed by atoms with van der Waals surface area (Å²) in [6.07, 6.45) is 1.32. The molecule has 188 valence electrons. The molecule has 0 radical (unpaired) electrons. The van der Waals surface area contributed by atoms with Crippen molar-refractivity contribution < 1.29 is 23.9 Å². The van der Waals surface area contributed by atoms with Crippen LogP contribution < -0.4 is 16.0 Å². The number of rotatable bonds is 11. The number of hydrogen-bond donors (Lipinski definition) is 3. The molecular formula is C27H30N4O5. The molecule has 1 aromatic heterocycles. The molecule has 0 aliphatic heterocycles. The third-order valence-electron chi connectivity index (χ3n) is 5.30. The lowest BCUT2D eigenvalue weighted by atomic mass is 10.0. The molecule has 9 heteroatoms. The summed E-state index contributed by atoms with van der Waals surface area (Å²) in [4.78, 5) is 53.8. The van der Waals surface area contributed by atoms with Gasteiger partial charge in [0.2, 0.25) is 5.91 Å². The van der Waals surface area contributed by atoms with E-state index in [2.05, 4.69) is 20.9 Å². The molecule has 9 nitrogen and oxygen atoms in total. The summed E-state index contributed by atoms with van der Waals surface area (Å²) < 4.78 is 5.20. The Labute approximate surface area is 209 Å². The van der Waals surface area contributed by atoms with Crippen LogP contribution in [0.4, 0.5) is 4.79 Å². The van der Waals surface area contributed by atoms with Crippen LogP contribution in [0.3, 0.4) is 0 Å². The van der Waals surface area contributed by atoms with Crippen LogP contribution in [-0.2, 0) is 20.9 Å². The summed E-state index contributed by atoms with van der Waals surface area (Å²) in [5.74, 6) is -1.17. The van der Waals surface area contributed by atoms with Crippen molar-refractivity contribution in [2.75, 3.05) is 13.1 Å². The molecule has 0 saturated carbocycles. The maximum absolute atomic E-state index is 12.7. The third kappa shape index (κ3) is 8.19. The highest BCUT2D eigenvalue weighted by Crippen LogP contribution is 2.13. The highest BCUT2D eigenvalue weighted by atomic mass is 16.5. The number of ether oxygens (including phenoxy) is 1. The number of nitrogens with one attached hydrogen (secondary N) is 3. The van der Waals surface area contributed by atoms with Gasteiger partial charge in [-0.15, -0.1) is 0 Å². The molecule has 1 atom stereocenters. The van der Waals surface area contributed by atoms with Crippen molar-refractivity contribution in [2.24, 2.45) is 5.92 Å². The predicted molar refractivity (Wildman–Crippen MR) is 135 cm³/mol. The number of aromatic nitrogens is 1. The maximum atomic E-state index is 12.7. The number of hydrogen-bond acceptors (Lipinski definition) is 6. The van der Waals surface area contributed by atoms with Crippen molar-refractivity contribution in [3.05, 3.63) is 78.0 Å². The first-order chi connectivity index (χ1) is 17.3. The molecule has 3 N–H and O–H groups in total. The number of nitrogens with zero attached hydrogens (tertiary/aromatic N) is 1. The lowest BCUT2D eigenvalue weighted by Crippen LogP contribution is -2.49. The van der Waals surface area contributed by atoms with Gasteiger partial charge in [0.15, 0.2) is 5.78 Å². The Bertz CT molecular complexity index is 1210. The minimum absolute atomic E-state index is 0.0780. The smallest absolute Gasteiger partial charge is 0.408 e. The van der Waals surface area contributed by atoms with Gasteiger partial charge < -0.3 is 20.7 Å². The summed E-state index contributed by atoms with van der Waals surface area (Å²) in [6.45, 7) is 3.39. The lowest BCUT2D eigenvalue weighted by molar-refractivity contribution is -0.126. The minimum Gasteiger partial charge on any atom is -0.445 e. The fourth-order valence-corrected chi connectivity index (χ4v) is 3.48. The zero-order valence-corrected chi connectivity index (χ0v) is 20.3. The van der Waals surface area contributed by atoms with Crippen LogP contribution in [0.15, 0.2) is 66.9 Å². The van der Waals surface area contributed by atoms with Crippen LogP contribution >= 0.6 is 0 Å². The van der Waals surface area contributed by atoms with E-state index in [1.54, 1.807) is 30.5 Å². The first-order valence-electron chi connectivity index (χ1n) is 11.7. The first kappa shape index (κ1) is 26.3. The summed E-state index contributed by atoms with van der Waals surface area (Å²) >= 11 is 0. The number of fused-ring (bicyclic) bond motifs is 1. The molecule has 0 aliphatic rings. The molecule has 3 amide bonds. The second-order valence-corrected chi connectivity index (χ2v) is 8.74. The second kappa shape index (κ2) is 13.0. The number of pyridine rings is 1. The van der Waals surface area contributed by atoms with Crippen LogP contribution in [0.25, 0.3) is 10.9 Å². The van der Waals surface area contributed by atoms with Gasteiger partial charge in [0.1, 0.15) is 12.6 Å². The van der Waals surface area contributed by atoms with Crippen molar-refractivity contribution in [3.63, 3.8) is 0 Å². The van der Waals surface area contributed by atoms with Crippen LogP contribution in [0, 0.1) is 5.92 Å². The number of amides is 3. The van der Waals surface area contributed by atoms with E-state index in [-0.39, 0.29) is 31.4 Å². The minimum atomic E-state index is -0.859. The first-order valence-corrected chi connectivity index (χ1v) is 11.7. The molecule has 0 aliphatic carbocycles. The summed E-state index contributed by atoms with van der Waals surface area (Å²) in [7, 11) is 0. The van der Waals surface area contributed by atoms with Gasteiger partial charge in [0.05, 0.1) is 18.6 Å². The van der Waals surface area contributed by atoms with Gasteiger partial charge in [-0.1, -0.05) is 50.2 Å². The topological polar surface area (TPSA) is 126 Å². The van der Waals surface area contributed by atoms with E-state index < -0.39 is 23.9 Å². The molecule has 2 aromatic carbocycles. The van der Waals surface area contributed by atoms with Gasteiger partial charge in [-0.2, -0.15) is 0 Å². The fraction of sp³-hybridized carbons (Fsp3) is 0.296. The number of ketones is 1. The number of benzene rings is 2. The molecule has 0 fully saturated rings. The Morgan fingerprint density at radius 2 is 1.67 bits per heavy atom. The number of carbonyl (C=O) groups excluding carboxylic acids is 4. The molecule has 3 aromatic rings. The molecular weight excluding hydrogens is 460 g/mol. The summed E-state index contributed by atoms with van der Waals surface area (Å²) in [6, 6.07) is 17.0. The number of Topliss-reactive ketones (excluding diaryl/α,β-unsaturated/α-hetero) is 1. The zero-order chi connectivity index (χ0) is 25.9. The number of alkyl carbamates (subject to hydrolysis) is 1. The Morgan fingerprint density at radius 1 is 0.917 bits per heavy atom.